The molecule has 30 heavy (non-hydrogen) atoms. The molecule has 2 heterocycles. The number of pyridine rings is 1. The first-order valence-electron chi connectivity index (χ1n) is 9.85. The van der Waals surface area contributed by atoms with Crippen LogP contribution in [0.25, 0.3) is 27.4 Å². The molecule has 7 heteroatoms. The Balaban J connectivity index is 1.75. The zero-order chi connectivity index (χ0) is 21.3. The minimum Gasteiger partial charge on any atom is -0.481 e. The summed E-state index contributed by atoms with van der Waals surface area (Å²) in [4.78, 5) is 16.5. The van der Waals surface area contributed by atoms with Gasteiger partial charge < -0.3 is 15.3 Å². The molecule has 1 aromatic carbocycles. The number of hydrogen-bond donors (Lipinski definition) is 3. The van der Waals surface area contributed by atoms with Crippen molar-refractivity contribution < 1.29 is 24.5 Å². The van der Waals surface area contributed by atoms with E-state index in [4.69, 9.17) is 10.1 Å². The Morgan fingerprint density at radius 1 is 1.23 bits per heavy atom. The van der Waals surface area contributed by atoms with Gasteiger partial charge in [0.15, 0.2) is 0 Å². The van der Waals surface area contributed by atoms with Gasteiger partial charge in [0.05, 0.1) is 24.3 Å². The fraction of sp³-hybridized carbons (Fsp3) is 0.304. The van der Waals surface area contributed by atoms with Gasteiger partial charge in [0.2, 0.25) is 0 Å². The van der Waals surface area contributed by atoms with Gasteiger partial charge in [0, 0.05) is 28.9 Å². The van der Waals surface area contributed by atoms with Crippen molar-refractivity contribution in [3.8, 4) is 11.1 Å². The van der Waals surface area contributed by atoms with Crippen LogP contribution in [0, 0.1) is 5.82 Å². The molecule has 0 spiro atoms. The number of nitrogens with zero attached hydrogens (tertiary/aromatic N) is 1. The third-order valence-electron chi connectivity index (χ3n) is 5.19. The number of hydrogen-bond acceptors (Lipinski definition) is 5. The van der Waals surface area contributed by atoms with E-state index in [2.05, 4.69) is 0 Å². The molecule has 1 aliphatic rings. The van der Waals surface area contributed by atoms with Crippen LogP contribution >= 0.6 is 11.3 Å². The van der Waals surface area contributed by atoms with Crippen molar-refractivity contribution in [2.75, 3.05) is 0 Å². The summed E-state index contributed by atoms with van der Waals surface area (Å²) in [5.41, 5.74) is 3.64. The Hall–Kier alpha value is -2.61. The lowest BCUT2D eigenvalue weighted by Crippen LogP contribution is -2.19. The van der Waals surface area contributed by atoms with Crippen LogP contribution in [0.15, 0.2) is 41.8 Å². The Bertz CT molecular complexity index is 1090. The largest absolute Gasteiger partial charge is 0.481 e. The van der Waals surface area contributed by atoms with Crippen molar-refractivity contribution in [1.82, 2.24) is 4.98 Å². The van der Waals surface area contributed by atoms with E-state index in [-0.39, 0.29) is 12.2 Å². The number of carboxylic acids is 1. The summed E-state index contributed by atoms with van der Waals surface area (Å²) < 4.78 is 13.5. The maximum absolute atomic E-state index is 13.5. The smallest absolute Gasteiger partial charge is 0.305 e. The van der Waals surface area contributed by atoms with Crippen molar-refractivity contribution in [2.24, 2.45) is 0 Å². The van der Waals surface area contributed by atoms with Gasteiger partial charge in [-0.2, -0.15) is 0 Å². The Kier molecular flexibility index (Phi) is 5.94. The van der Waals surface area contributed by atoms with Crippen molar-refractivity contribution >= 4 is 33.6 Å². The number of aliphatic carboxylic acids is 1. The van der Waals surface area contributed by atoms with E-state index in [9.17, 15) is 19.4 Å². The van der Waals surface area contributed by atoms with Crippen LogP contribution in [0.3, 0.4) is 0 Å². The molecular weight excluding hydrogens is 405 g/mol. The molecule has 1 fully saturated rings. The second-order valence-corrected chi connectivity index (χ2v) is 8.51. The number of carbonyl (C=O) groups is 1. The quantitative estimate of drug-likeness (QED) is 0.490. The fourth-order valence-corrected chi connectivity index (χ4v) is 4.42. The molecule has 1 saturated carbocycles. The van der Waals surface area contributed by atoms with Crippen LogP contribution in [-0.2, 0) is 4.79 Å². The van der Waals surface area contributed by atoms with Gasteiger partial charge in [-0.25, -0.2) is 9.37 Å². The van der Waals surface area contributed by atoms with E-state index in [1.807, 2.05) is 11.4 Å². The van der Waals surface area contributed by atoms with Gasteiger partial charge >= 0.3 is 5.97 Å². The van der Waals surface area contributed by atoms with E-state index < -0.39 is 24.6 Å². The van der Waals surface area contributed by atoms with Crippen LogP contribution in [-0.4, -0.2) is 38.5 Å². The first-order chi connectivity index (χ1) is 14.4. The van der Waals surface area contributed by atoms with Crippen LogP contribution < -0.4 is 0 Å². The third-order valence-corrected chi connectivity index (χ3v) is 5.99. The topological polar surface area (TPSA) is 90.7 Å². The second kappa shape index (κ2) is 8.63. The second-order valence-electron chi connectivity index (χ2n) is 7.62. The normalized spacial score (nSPS) is 16.2. The monoisotopic (exact) mass is 427 g/mol. The average Bonchev–Trinajstić information content (AvgIpc) is 3.43. The van der Waals surface area contributed by atoms with Crippen LogP contribution in [0.4, 0.5) is 4.39 Å². The molecule has 0 amide bonds. The number of rotatable bonds is 8. The average molecular weight is 427 g/mol. The number of aliphatic hydroxyl groups excluding tert-OH is 2. The lowest BCUT2D eigenvalue weighted by atomic mass is 9.93. The van der Waals surface area contributed by atoms with Crippen molar-refractivity contribution in [1.29, 1.82) is 0 Å². The number of aromatic nitrogens is 1. The number of aliphatic hydroxyl groups is 2. The highest BCUT2D eigenvalue weighted by atomic mass is 32.1. The first kappa shape index (κ1) is 20.7. The lowest BCUT2D eigenvalue weighted by Gasteiger charge is -2.15. The van der Waals surface area contributed by atoms with Gasteiger partial charge in [-0.1, -0.05) is 24.3 Å². The maximum atomic E-state index is 13.5. The predicted octanol–water partition coefficient (Wildman–Crippen LogP) is 4.58. The van der Waals surface area contributed by atoms with Gasteiger partial charge in [-0.15, -0.1) is 11.3 Å². The molecule has 2 atom stereocenters. The van der Waals surface area contributed by atoms with Gasteiger partial charge in [0.25, 0.3) is 0 Å². The van der Waals surface area contributed by atoms with Crippen LogP contribution in [0.5, 0.6) is 0 Å². The zero-order valence-electron chi connectivity index (χ0n) is 16.2. The van der Waals surface area contributed by atoms with Gasteiger partial charge in [0.1, 0.15) is 10.6 Å². The Morgan fingerprint density at radius 2 is 1.97 bits per heavy atom. The molecule has 0 radical (unpaired) electrons. The highest BCUT2D eigenvalue weighted by Crippen LogP contribution is 2.46. The van der Waals surface area contributed by atoms with Gasteiger partial charge in [-0.05, 0) is 42.0 Å². The number of carboxylic acid groups (broad SMARTS) is 1. The zero-order valence-corrected chi connectivity index (χ0v) is 17.0. The molecule has 4 rings (SSSR count). The summed E-state index contributed by atoms with van der Waals surface area (Å²) >= 11 is 1.56. The van der Waals surface area contributed by atoms with Crippen molar-refractivity contribution in [2.45, 2.75) is 43.8 Å². The summed E-state index contributed by atoms with van der Waals surface area (Å²) in [7, 11) is 0. The molecular formula is C23H22FNO4S. The van der Waals surface area contributed by atoms with E-state index in [1.54, 1.807) is 35.6 Å². The summed E-state index contributed by atoms with van der Waals surface area (Å²) in [6.07, 6.45) is 2.86. The molecule has 0 unspecified atom stereocenters. The number of benzene rings is 1. The molecule has 5 nitrogen and oxygen atoms in total. The highest BCUT2D eigenvalue weighted by molar-refractivity contribution is 7.16. The fourth-order valence-electron chi connectivity index (χ4n) is 3.63. The molecule has 0 aliphatic heterocycles. The summed E-state index contributed by atoms with van der Waals surface area (Å²) in [6, 6.07) is 8.32. The standard InChI is InChI=1S/C23H22FNO4S/c24-15-5-3-13(4-6-15)21-18(8-7-16(26)11-17(27)12-20(28)29)22(14-1-2-14)25-23-19(21)9-10-30-23/h3-10,14,16-17,26-27H,1-2,11-12H2,(H,28,29)/b8-7+/t16-,17-/m1/s1. The van der Waals surface area contributed by atoms with E-state index >= 15 is 0 Å². The minimum atomic E-state index is -1.13. The Morgan fingerprint density at radius 3 is 2.63 bits per heavy atom. The van der Waals surface area contributed by atoms with Crippen LogP contribution in [0.1, 0.15) is 42.9 Å². The summed E-state index contributed by atoms with van der Waals surface area (Å²) in [6.45, 7) is 0. The van der Waals surface area contributed by atoms with Crippen molar-refractivity contribution in [3.05, 3.63) is 58.9 Å². The number of halogens is 1. The lowest BCUT2D eigenvalue weighted by molar-refractivity contribution is -0.139. The third kappa shape index (κ3) is 4.59. The minimum absolute atomic E-state index is 0.0679. The van der Waals surface area contributed by atoms with Crippen molar-refractivity contribution in [3.63, 3.8) is 0 Å². The Labute approximate surface area is 177 Å². The molecule has 0 bridgehead atoms. The highest BCUT2D eigenvalue weighted by Gasteiger charge is 2.30. The van der Waals surface area contributed by atoms with E-state index in [1.165, 1.54) is 12.1 Å². The number of thiophene rings is 1. The molecule has 2 aromatic heterocycles. The van der Waals surface area contributed by atoms with Crippen LogP contribution in [0.2, 0.25) is 0 Å². The first-order valence-corrected chi connectivity index (χ1v) is 10.7. The van der Waals surface area contributed by atoms with E-state index in [0.29, 0.717) is 5.92 Å². The molecule has 1 aliphatic carbocycles. The molecule has 3 N–H and O–H groups in total. The predicted molar refractivity (Wildman–Crippen MR) is 115 cm³/mol. The summed E-state index contributed by atoms with van der Waals surface area (Å²) in [5.74, 6) is -1.07. The van der Waals surface area contributed by atoms with Gasteiger partial charge in [-0.3, -0.25) is 4.79 Å². The molecule has 156 valence electrons. The summed E-state index contributed by atoms with van der Waals surface area (Å²) in [5, 5.41) is 31.8. The van der Waals surface area contributed by atoms with E-state index in [0.717, 1.165) is 45.4 Å². The number of fused-ring (bicyclic) bond motifs is 1. The molecule has 3 aromatic rings. The SMILES string of the molecule is O=C(O)C[C@H](O)C[C@H](O)/C=C/c1c(C2CC2)nc2sccc2c1-c1ccc(F)cc1. The maximum Gasteiger partial charge on any atom is 0.305 e. The molecule has 0 saturated heterocycles.